The summed E-state index contributed by atoms with van der Waals surface area (Å²) in [5, 5.41) is 19.3. The van der Waals surface area contributed by atoms with Crippen LogP contribution in [0.15, 0.2) is 82.8 Å². The first-order valence-electron chi connectivity index (χ1n) is 15.9. The number of rotatable bonds is 10. The van der Waals surface area contributed by atoms with E-state index in [1.165, 1.54) is 10.6 Å². The second-order valence-corrected chi connectivity index (χ2v) is 12.7. The molecule has 0 bridgehead atoms. The standard InChI is InChI=1S/C36H31Cl2N7O5/c1-50-34-20(15-39-16-21-9-11-30(46)42-21)8-10-27(44-34)25-7-3-6-24(32(25)38)23-5-2-4-22(31(23)37)19-12-13-45-29(14-19)40-17-26(35(45)47)33-41-18-28(43-33)36(48)49/h2-8,10,12-14,17,21,28,39H,9,11,15-16,18H2,1H3,(H,41,43)(H,42,46)(H,48,49)/t21-,28+/m0/s1. The summed E-state index contributed by atoms with van der Waals surface area (Å²) >= 11 is 14.1. The van der Waals surface area contributed by atoms with Crippen LogP contribution in [0.5, 0.6) is 5.88 Å². The molecule has 0 radical (unpaired) electrons. The molecule has 3 aromatic heterocycles. The van der Waals surface area contributed by atoms with Crippen LogP contribution in [0.2, 0.25) is 10.0 Å². The summed E-state index contributed by atoms with van der Waals surface area (Å²) in [6.45, 7) is 1.22. The van der Waals surface area contributed by atoms with Crippen molar-refractivity contribution in [1.29, 1.82) is 0 Å². The molecule has 4 N–H and O–H groups in total. The van der Waals surface area contributed by atoms with E-state index in [4.69, 9.17) is 32.9 Å². The highest BCUT2D eigenvalue weighted by atomic mass is 35.5. The second kappa shape index (κ2) is 13.9. The Morgan fingerprint density at radius 2 is 1.74 bits per heavy atom. The molecule has 7 rings (SSSR count). The molecule has 12 nitrogen and oxygen atoms in total. The molecule has 5 heterocycles. The fraction of sp³-hybridized carbons (Fsp3) is 0.222. The number of aromatic nitrogens is 3. The van der Waals surface area contributed by atoms with E-state index in [1.54, 1.807) is 25.4 Å². The zero-order chi connectivity index (χ0) is 34.9. The van der Waals surface area contributed by atoms with Gasteiger partial charge < -0.3 is 25.8 Å². The molecule has 14 heteroatoms. The minimum absolute atomic E-state index is 0.0340. The molecule has 0 unspecified atom stereocenters. The topological polar surface area (TPSA) is 159 Å². The number of aliphatic imine (C=N–C) groups is 1. The van der Waals surface area contributed by atoms with Gasteiger partial charge in [-0.15, -0.1) is 0 Å². The summed E-state index contributed by atoms with van der Waals surface area (Å²) in [4.78, 5) is 49.5. The highest BCUT2D eigenvalue weighted by Gasteiger charge is 2.27. The maximum absolute atomic E-state index is 13.3. The van der Waals surface area contributed by atoms with Gasteiger partial charge in [0, 0.05) is 65.8 Å². The third-order valence-electron chi connectivity index (χ3n) is 8.80. The summed E-state index contributed by atoms with van der Waals surface area (Å²) in [5.41, 5.74) is 5.28. The highest BCUT2D eigenvalue weighted by Crippen LogP contribution is 2.42. The smallest absolute Gasteiger partial charge is 0.328 e. The van der Waals surface area contributed by atoms with Crippen molar-refractivity contribution < 1.29 is 19.4 Å². The van der Waals surface area contributed by atoms with E-state index in [2.05, 4.69) is 25.9 Å². The molecule has 0 spiro atoms. The predicted molar refractivity (Wildman–Crippen MR) is 191 cm³/mol. The number of hydrogen-bond acceptors (Lipinski definition) is 9. The van der Waals surface area contributed by atoms with Gasteiger partial charge in [0.1, 0.15) is 23.1 Å². The van der Waals surface area contributed by atoms with Crippen LogP contribution in [-0.4, -0.2) is 69.5 Å². The van der Waals surface area contributed by atoms with Crippen LogP contribution in [-0.2, 0) is 16.1 Å². The van der Waals surface area contributed by atoms with Gasteiger partial charge >= 0.3 is 5.97 Å². The fourth-order valence-corrected chi connectivity index (χ4v) is 6.85. The number of halogens is 2. The fourth-order valence-electron chi connectivity index (χ4n) is 6.19. The van der Waals surface area contributed by atoms with E-state index in [0.29, 0.717) is 69.0 Å². The molecule has 1 saturated heterocycles. The molecule has 1 amide bonds. The number of ether oxygens (including phenoxy) is 1. The number of carboxylic acids is 1. The summed E-state index contributed by atoms with van der Waals surface area (Å²) in [7, 11) is 1.58. The predicted octanol–water partition coefficient (Wildman–Crippen LogP) is 4.58. The van der Waals surface area contributed by atoms with Crippen molar-refractivity contribution in [1.82, 2.24) is 30.3 Å². The number of carbonyl (C=O) groups excluding carboxylic acids is 1. The Labute approximate surface area is 296 Å². The van der Waals surface area contributed by atoms with Crippen LogP contribution in [0.3, 0.4) is 0 Å². The number of amides is 1. The molecule has 50 heavy (non-hydrogen) atoms. The average Bonchev–Trinajstić information content (AvgIpc) is 3.78. The molecule has 2 aliphatic rings. The normalized spacial score (nSPS) is 17.0. The van der Waals surface area contributed by atoms with Crippen LogP contribution >= 0.6 is 23.2 Å². The first kappa shape index (κ1) is 33.2. The van der Waals surface area contributed by atoms with Crippen LogP contribution < -0.4 is 26.2 Å². The lowest BCUT2D eigenvalue weighted by Gasteiger charge is -2.16. The molecular weight excluding hydrogens is 681 g/mol. The number of methoxy groups -OCH3 is 1. The van der Waals surface area contributed by atoms with E-state index in [9.17, 15) is 19.5 Å². The Kier molecular flexibility index (Phi) is 9.23. The Bertz CT molecular complexity index is 2260. The average molecular weight is 713 g/mol. The van der Waals surface area contributed by atoms with Gasteiger partial charge in [-0.3, -0.25) is 19.0 Å². The SMILES string of the molecule is COc1nc(-c2cccc(-c3cccc(-c4ccn5c(=O)c(C6=NC[C@H](C(=O)O)N6)cnc5c4)c3Cl)c2Cl)ccc1CNC[C@@H]1CCC(=O)N1. The van der Waals surface area contributed by atoms with E-state index in [-0.39, 0.29) is 35.5 Å². The molecule has 2 atom stereocenters. The lowest BCUT2D eigenvalue weighted by atomic mass is 9.97. The second-order valence-electron chi connectivity index (χ2n) is 12.0. The summed E-state index contributed by atoms with van der Waals surface area (Å²) in [5.74, 6) is -0.283. The minimum atomic E-state index is -1.04. The number of hydrogen-bond donors (Lipinski definition) is 4. The van der Waals surface area contributed by atoms with Gasteiger partial charge in [-0.25, -0.2) is 14.8 Å². The van der Waals surface area contributed by atoms with Crippen molar-refractivity contribution in [3.63, 3.8) is 0 Å². The van der Waals surface area contributed by atoms with Gasteiger partial charge in [-0.05, 0) is 30.2 Å². The van der Waals surface area contributed by atoms with Gasteiger partial charge in [-0.1, -0.05) is 65.7 Å². The maximum Gasteiger partial charge on any atom is 0.328 e. The molecule has 1 fully saturated rings. The van der Waals surface area contributed by atoms with Gasteiger partial charge in [0.05, 0.1) is 29.4 Å². The number of nitrogens with zero attached hydrogens (tertiary/aromatic N) is 4. The van der Waals surface area contributed by atoms with Gasteiger partial charge in [-0.2, -0.15) is 0 Å². The third-order valence-corrected chi connectivity index (χ3v) is 9.62. The largest absolute Gasteiger partial charge is 0.481 e. The number of carboxylic acid groups (broad SMARTS) is 1. The molecule has 254 valence electrons. The zero-order valence-corrected chi connectivity index (χ0v) is 28.3. The van der Waals surface area contributed by atoms with Crippen molar-refractivity contribution in [2.75, 3.05) is 20.2 Å². The lowest BCUT2D eigenvalue weighted by molar-refractivity contribution is -0.138. The molecule has 0 aliphatic carbocycles. The van der Waals surface area contributed by atoms with Crippen molar-refractivity contribution in [3.05, 3.63) is 105 Å². The van der Waals surface area contributed by atoms with Gasteiger partial charge in [0.25, 0.3) is 5.56 Å². The first-order valence-corrected chi connectivity index (χ1v) is 16.6. The first-order chi connectivity index (χ1) is 24.2. The third kappa shape index (κ3) is 6.40. The highest BCUT2D eigenvalue weighted by molar-refractivity contribution is 6.39. The number of carbonyl (C=O) groups is 2. The van der Waals surface area contributed by atoms with Crippen LogP contribution in [0, 0.1) is 0 Å². The number of nitrogens with one attached hydrogen (secondary N) is 3. The molecule has 2 aliphatic heterocycles. The maximum atomic E-state index is 13.3. The number of pyridine rings is 2. The molecule has 0 saturated carbocycles. The van der Waals surface area contributed by atoms with Crippen molar-refractivity contribution in [2.24, 2.45) is 4.99 Å². The molecular formula is C36H31Cl2N7O5. The summed E-state index contributed by atoms with van der Waals surface area (Å²) in [6.07, 6.45) is 4.37. The zero-order valence-electron chi connectivity index (χ0n) is 26.7. The summed E-state index contributed by atoms with van der Waals surface area (Å²) < 4.78 is 7.01. The Morgan fingerprint density at radius 3 is 2.44 bits per heavy atom. The minimum Gasteiger partial charge on any atom is -0.481 e. The van der Waals surface area contributed by atoms with E-state index >= 15 is 0 Å². The number of fused-ring (bicyclic) bond motifs is 1. The molecule has 5 aromatic rings. The van der Waals surface area contributed by atoms with Crippen LogP contribution in [0.4, 0.5) is 0 Å². The Morgan fingerprint density at radius 1 is 1.00 bits per heavy atom. The summed E-state index contributed by atoms with van der Waals surface area (Å²) in [6, 6.07) is 17.9. The van der Waals surface area contributed by atoms with E-state index < -0.39 is 12.0 Å². The Balaban J connectivity index is 1.15. The lowest BCUT2D eigenvalue weighted by Crippen LogP contribution is -2.39. The molecule has 2 aromatic carbocycles. The monoisotopic (exact) mass is 711 g/mol. The quantitative estimate of drug-likeness (QED) is 0.163. The van der Waals surface area contributed by atoms with Crippen LogP contribution in [0.25, 0.3) is 39.2 Å². The Hall–Kier alpha value is -5.30. The van der Waals surface area contributed by atoms with Crippen LogP contribution in [0.1, 0.15) is 24.0 Å². The van der Waals surface area contributed by atoms with Gasteiger partial charge in [0.2, 0.25) is 11.8 Å². The number of amidine groups is 1. The van der Waals surface area contributed by atoms with Crippen molar-refractivity contribution in [3.8, 4) is 39.4 Å². The number of aliphatic carboxylic acids is 1. The van der Waals surface area contributed by atoms with E-state index in [0.717, 1.165) is 17.5 Å². The van der Waals surface area contributed by atoms with E-state index in [1.807, 2.05) is 48.5 Å². The van der Waals surface area contributed by atoms with Crippen molar-refractivity contribution >= 4 is 46.6 Å². The van der Waals surface area contributed by atoms with Gasteiger partial charge in [0.15, 0.2) is 0 Å². The number of benzene rings is 2. The van der Waals surface area contributed by atoms with Crippen molar-refractivity contribution in [2.45, 2.75) is 31.5 Å².